The Morgan fingerprint density at radius 1 is 1.21 bits per heavy atom. The summed E-state index contributed by atoms with van der Waals surface area (Å²) in [4.78, 5) is 8.79. The second-order valence-electron chi connectivity index (χ2n) is 5.95. The first kappa shape index (κ1) is 14.6. The van der Waals surface area contributed by atoms with Gasteiger partial charge in [0.1, 0.15) is 12.0 Å². The maximum Gasteiger partial charge on any atom is 0.181 e. The van der Waals surface area contributed by atoms with Gasteiger partial charge in [-0.05, 0) is 32.0 Å². The van der Waals surface area contributed by atoms with Crippen molar-refractivity contribution in [3.05, 3.63) is 60.1 Å². The monoisotopic (exact) mass is 323 g/mol. The topological polar surface area (TPSA) is 60.3 Å². The molecule has 6 nitrogen and oxygen atoms in total. The van der Waals surface area contributed by atoms with E-state index in [0.29, 0.717) is 0 Å². The van der Waals surface area contributed by atoms with Crippen LogP contribution >= 0.6 is 0 Å². The fourth-order valence-electron chi connectivity index (χ4n) is 3.06. The van der Waals surface area contributed by atoms with E-state index in [1.165, 1.54) is 17.8 Å². The molecule has 3 aromatic heterocycles. The molecule has 0 aliphatic rings. The van der Waals surface area contributed by atoms with Gasteiger partial charge in [-0.1, -0.05) is 12.1 Å². The van der Waals surface area contributed by atoms with Crippen molar-refractivity contribution in [2.24, 2.45) is 7.05 Å². The highest BCUT2D eigenvalue weighted by molar-refractivity contribution is 5.62. The average molecular weight is 323 g/mol. The number of hydrogen-bond acceptors (Lipinski definition) is 4. The SMILES string of the molecule is Cc1cc(C)n2c(n1)c(CNc1ccc(-c3cocn3)cc1)n2C.[HH]. The van der Waals surface area contributed by atoms with Gasteiger partial charge < -0.3 is 9.73 Å². The van der Waals surface area contributed by atoms with Crippen molar-refractivity contribution in [2.45, 2.75) is 20.4 Å². The Morgan fingerprint density at radius 2 is 2.00 bits per heavy atom. The Morgan fingerprint density at radius 3 is 2.71 bits per heavy atom. The van der Waals surface area contributed by atoms with Gasteiger partial charge in [0.2, 0.25) is 0 Å². The van der Waals surface area contributed by atoms with Crippen molar-refractivity contribution in [1.29, 1.82) is 0 Å². The molecule has 24 heavy (non-hydrogen) atoms. The van der Waals surface area contributed by atoms with Crippen LogP contribution in [0.4, 0.5) is 5.69 Å². The van der Waals surface area contributed by atoms with E-state index in [1.54, 1.807) is 6.26 Å². The van der Waals surface area contributed by atoms with E-state index in [4.69, 9.17) is 4.42 Å². The normalized spacial score (nSPS) is 11.3. The zero-order valence-electron chi connectivity index (χ0n) is 13.9. The number of hydrogen-bond donors (Lipinski definition) is 1. The molecule has 0 saturated heterocycles. The van der Waals surface area contributed by atoms with Gasteiger partial charge in [0.15, 0.2) is 12.0 Å². The lowest BCUT2D eigenvalue weighted by Crippen LogP contribution is -2.25. The molecule has 0 saturated carbocycles. The molecule has 0 spiro atoms. The molecule has 3 heterocycles. The van der Waals surface area contributed by atoms with Crippen LogP contribution in [0.3, 0.4) is 0 Å². The van der Waals surface area contributed by atoms with E-state index in [9.17, 15) is 0 Å². The molecule has 0 radical (unpaired) electrons. The van der Waals surface area contributed by atoms with E-state index in [2.05, 4.69) is 44.5 Å². The lowest BCUT2D eigenvalue weighted by molar-refractivity contribution is 0.558. The number of benzene rings is 1. The molecule has 6 heteroatoms. The number of nitrogens with one attached hydrogen (secondary N) is 1. The molecule has 0 bridgehead atoms. The molecular formula is C18H21N5O. The molecule has 0 amide bonds. The van der Waals surface area contributed by atoms with Crippen molar-refractivity contribution < 1.29 is 5.84 Å². The molecule has 0 aliphatic heterocycles. The first-order valence-electron chi connectivity index (χ1n) is 7.86. The predicted octanol–water partition coefficient (Wildman–Crippen LogP) is 3.80. The predicted molar refractivity (Wildman–Crippen MR) is 95.0 cm³/mol. The van der Waals surface area contributed by atoms with Crippen LogP contribution in [0, 0.1) is 13.8 Å². The second-order valence-corrected chi connectivity index (χ2v) is 5.95. The van der Waals surface area contributed by atoms with Crippen LogP contribution in [-0.2, 0) is 13.6 Å². The van der Waals surface area contributed by atoms with E-state index in [0.717, 1.165) is 34.8 Å². The van der Waals surface area contributed by atoms with Gasteiger partial charge in [-0.2, -0.15) is 0 Å². The van der Waals surface area contributed by atoms with Crippen LogP contribution in [0.2, 0.25) is 0 Å². The number of anilines is 1. The summed E-state index contributed by atoms with van der Waals surface area (Å²) in [5, 5.41) is 3.45. The smallest absolute Gasteiger partial charge is 0.181 e. The third-order valence-electron chi connectivity index (χ3n) is 4.26. The number of aryl methyl sites for hydroxylation is 3. The van der Waals surface area contributed by atoms with Gasteiger partial charge in [0.25, 0.3) is 0 Å². The Bertz CT molecular complexity index is 983. The molecular weight excluding hydrogens is 302 g/mol. The molecule has 4 rings (SSSR count). The molecule has 4 aromatic rings. The molecule has 0 unspecified atom stereocenters. The lowest BCUT2D eigenvalue weighted by atomic mass is 10.1. The maximum atomic E-state index is 5.02. The first-order chi connectivity index (χ1) is 11.6. The van der Waals surface area contributed by atoms with Crippen LogP contribution in [0.25, 0.3) is 16.9 Å². The third kappa shape index (κ3) is 2.36. The molecule has 0 atom stereocenters. The summed E-state index contributed by atoms with van der Waals surface area (Å²) in [6.07, 6.45) is 3.09. The van der Waals surface area contributed by atoms with E-state index in [1.807, 2.05) is 31.2 Å². The minimum absolute atomic E-state index is 0. The zero-order chi connectivity index (χ0) is 16.7. The van der Waals surface area contributed by atoms with Gasteiger partial charge in [0, 0.05) is 31.1 Å². The van der Waals surface area contributed by atoms with Gasteiger partial charge in [-0.3, -0.25) is 4.68 Å². The van der Waals surface area contributed by atoms with E-state index < -0.39 is 0 Å². The minimum atomic E-state index is 0. The number of fused-ring (bicyclic) bond motifs is 1. The Labute approximate surface area is 141 Å². The highest BCUT2D eigenvalue weighted by Gasteiger charge is 2.15. The fourth-order valence-corrected chi connectivity index (χ4v) is 3.06. The van der Waals surface area contributed by atoms with Crippen LogP contribution in [-0.4, -0.2) is 19.2 Å². The average Bonchev–Trinajstić information content (AvgIpc) is 3.09. The van der Waals surface area contributed by atoms with E-state index in [-0.39, 0.29) is 1.43 Å². The van der Waals surface area contributed by atoms with Gasteiger partial charge in [-0.15, -0.1) is 0 Å². The van der Waals surface area contributed by atoms with Crippen LogP contribution in [0.1, 0.15) is 18.5 Å². The van der Waals surface area contributed by atoms with Crippen LogP contribution < -0.4 is 5.32 Å². The van der Waals surface area contributed by atoms with Crippen molar-refractivity contribution >= 4 is 11.3 Å². The molecule has 1 N–H and O–H groups in total. The largest absolute Gasteiger partial charge is 0.451 e. The highest BCUT2D eigenvalue weighted by Crippen LogP contribution is 2.21. The second kappa shape index (κ2) is 5.56. The van der Waals surface area contributed by atoms with Crippen molar-refractivity contribution in [3.8, 4) is 11.3 Å². The molecule has 124 valence electrons. The number of nitrogens with zero attached hydrogens (tertiary/aromatic N) is 4. The summed E-state index contributed by atoms with van der Waals surface area (Å²) in [6, 6.07) is 10.3. The molecule has 0 fully saturated rings. The highest BCUT2D eigenvalue weighted by atomic mass is 16.3. The Hall–Kier alpha value is -3.02. The fraction of sp³-hybridized carbons (Fsp3) is 0.222. The van der Waals surface area contributed by atoms with Gasteiger partial charge in [-0.25, -0.2) is 14.5 Å². The summed E-state index contributed by atoms with van der Waals surface area (Å²) in [6.45, 7) is 4.86. The number of aromatic nitrogens is 4. The van der Waals surface area contributed by atoms with Crippen molar-refractivity contribution in [2.75, 3.05) is 5.32 Å². The Kier molecular flexibility index (Phi) is 3.37. The quantitative estimate of drug-likeness (QED) is 0.620. The summed E-state index contributed by atoms with van der Waals surface area (Å²) in [7, 11) is 2.06. The van der Waals surface area contributed by atoms with Gasteiger partial charge in [0.05, 0.1) is 12.2 Å². The summed E-state index contributed by atoms with van der Waals surface area (Å²) in [5.74, 6) is 0. The van der Waals surface area contributed by atoms with Crippen LogP contribution in [0.15, 0.2) is 47.4 Å². The molecule has 0 aliphatic carbocycles. The summed E-state index contributed by atoms with van der Waals surface area (Å²) >= 11 is 0. The molecule has 1 aromatic carbocycles. The third-order valence-corrected chi connectivity index (χ3v) is 4.26. The van der Waals surface area contributed by atoms with Crippen molar-refractivity contribution in [3.63, 3.8) is 0 Å². The summed E-state index contributed by atoms with van der Waals surface area (Å²) < 4.78 is 9.28. The van der Waals surface area contributed by atoms with Gasteiger partial charge >= 0.3 is 0 Å². The van der Waals surface area contributed by atoms with Crippen molar-refractivity contribution in [1.82, 2.24) is 19.2 Å². The number of rotatable bonds is 4. The summed E-state index contributed by atoms with van der Waals surface area (Å²) in [5.41, 5.74) is 7.39. The Balaban J connectivity index is 0.00000182. The zero-order valence-corrected chi connectivity index (χ0v) is 13.9. The maximum absolute atomic E-state index is 5.02. The standard InChI is InChI=1S/C18H19N5O.H2/c1-12-8-13(2)23-18(21-12)17(22(23)3)9-19-15-6-4-14(5-7-15)16-10-24-11-20-16;/h4-8,10-11,19H,9H2,1-3H3;1H. The first-order valence-corrected chi connectivity index (χ1v) is 7.86. The minimum Gasteiger partial charge on any atom is -0.451 e. The number of oxazole rings is 1. The van der Waals surface area contributed by atoms with E-state index >= 15 is 0 Å². The lowest BCUT2D eigenvalue weighted by Gasteiger charge is -2.24. The van der Waals surface area contributed by atoms with Crippen LogP contribution in [0.5, 0.6) is 0 Å².